The maximum Gasteiger partial charge on any atom is 0.338 e. The first-order valence-electron chi connectivity index (χ1n) is 5.62. The maximum atomic E-state index is 11.5. The SMILES string of the molecule is CCCCCOC(=O)c1ccc(C(=O)Cl)cc1. The van der Waals surface area contributed by atoms with Crippen LogP contribution in [0.3, 0.4) is 0 Å². The monoisotopic (exact) mass is 254 g/mol. The molecule has 4 heteroatoms. The Labute approximate surface area is 106 Å². The summed E-state index contributed by atoms with van der Waals surface area (Å²) in [7, 11) is 0. The molecule has 0 fully saturated rings. The van der Waals surface area contributed by atoms with Crippen molar-refractivity contribution in [2.24, 2.45) is 0 Å². The number of rotatable bonds is 6. The third-order valence-corrected chi connectivity index (χ3v) is 2.55. The van der Waals surface area contributed by atoms with Crippen LogP contribution >= 0.6 is 11.6 Å². The van der Waals surface area contributed by atoms with Crippen LogP contribution in [0.4, 0.5) is 0 Å². The molecule has 0 radical (unpaired) electrons. The van der Waals surface area contributed by atoms with E-state index in [0.717, 1.165) is 19.3 Å². The summed E-state index contributed by atoms with van der Waals surface area (Å²) in [6.45, 7) is 2.52. The van der Waals surface area contributed by atoms with Gasteiger partial charge in [0.25, 0.3) is 5.24 Å². The lowest BCUT2D eigenvalue weighted by atomic mass is 10.1. The summed E-state index contributed by atoms with van der Waals surface area (Å²) in [6, 6.07) is 6.10. The highest BCUT2D eigenvalue weighted by atomic mass is 35.5. The minimum atomic E-state index is -0.534. The lowest BCUT2D eigenvalue weighted by Crippen LogP contribution is -2.06. The van der Waals surface area contributed by atoms with Crippen molar-refractivity contribution in [2.45, 2.75) is 26.2 Å². The normalized spacial score (nSPS) is 10.0. The first-order chi connectivity index (χ1) is 8.15. The molecule has 0 aromatic heterocycles. The maximum absolute atomic E-state index is 11.5. The van der Waals surface area contributed by atoms with E-state index in [4.69, 9.17) is 16.3 Å². The smallest absolute Gasteiger partial charge is 0.338 e. The third-order valence-electron chi connectivity index (χ3n) is 2.33. The lowest BCUT2D eigenvalue weighted by Gasteiger charge is -2.04. The van der Waals surface area contributed by atoms with Crippen LogP contribution in [-0.4, -0.2) is 17.8 Å². The van der Waals surface area contributed by atoms with Gasteiger partial charge in [-0.25, -0.2) is 4.79 Å². The van der Waals surface area contributed by atoms with Crippen molar-refractivity contribution in [3.05, 3.63) is 35.4 Å². The number of unbranched alkanes of at least 4 members (excludes halogenated alkanes) is 2. The summed E-state index contributed by atoms with van der Waals surface area (Å²) in [5.74, 6) is -0.366. The molecule has 3 nitrogen and oxygen atoms in total. The number of ether oxygens (including phenoxy) is 1. The molecule has 0 bridgehead atoms. The van der Waals surface area contributed by atoms with Crippen LogP contribution in [0.15, 0.2) is 24.3 Å². The Kier molecular flexibility index (Phi) is 5.70. The molecule has 0 heterocycles. The minimum Gasteiger partial charge on any atom is -0.462 e. The second kappa shape index (κ2) is 7.07. The molecular formula is C13H15ClO3. The van der Waals surface area contributed by atoms with E-state index in [2.05, 4.69) is 6.92 Å². The molecule has 0 unspecified atom stereocenters. The molecule has 0 saturated carbocycles. The van der Waals surface area contributed by atoms with Gasteiger partial charge in [-0.2, -0.15) is 0 Å². The largest absolute Gasteiger partial charge is 0.462 e. The molecule has 1 rings (SSSR count). The average Bonchev–Trinajstić information content (AvgIpc) is 2.34. The van der Waals surface area contributed by atoms with Gasteiger partial charge in [0.2, 0.25) is 0 Å². The number of carbonyl (C=O) groups is 2. The highest BCUT2D eigenvalue weighted by molar-refractivity contribution is 6.67. The van der Waals surface area contributed by atoms with Crippen LogP contribution in [0.1, 0.15) is 46.9 Å². The van der Waals surface area contributed by atoms with Crippen LogP contribution in [0.5, 0.6) is 0 Å². The number of benzene rings is 1. The van der Waals surface area contributed by atoms with Gasteiger partial charge in [0, 0.05) is 5.56 Å². The van der Waals surface area contributed by atoms with Gasteiger partial charge in [0.15, 0.2) is 0 Å². The summed E-state index contributed by atoms with van der Waals surface area (Å²) in [4.78, 5) is 22.4. The minimum absolute atomic E-state index is 0.366. The van der Waals surface area contributed by atoms with Crippen molar-refractivity contribution in [3.8, 4) is 0 Å². The van der Waals surface area contributed by atoms with Gasteiger partial charge in [-0.3, -0.25) is 4.79 Å². The van der Waals surface area contributed by atoms with Gasteiger partial charge < -0.3 is 4.74 Å². The number of hydrogen-bond donors (Lipinski definition) is 0. The Balaban J connectivity index is 2.49. The zero-order valence-electron chi connectivity index (χ0n) is 9.74. The molecule has 0 aliphatic heterocycles. The third kappa shape index (κ3) is 4.57. The molecule has 17 heavy (non-hydrogen) atoms. The van der Waals surface area contributed by atoms with E-state index in [0.29, 0.717) is 17.7 Å². The van der Waals surface area contributed by atoms with Crippen LogP contribution in [-0.2, 0) is 4.74 Å². The van der Waals surface area contributed by atoms with Gasteiger partial charge in [-0.15, -0.1) is 0 Å². The predicted octanol–water partition coefficient (Wildman–Crippen LogP) is 3.41. The Morgan fingerprint density at radius 1 is 1.12 bits per heavy atom. The van der Waals surface area contributed by atoms with E-state index >= 15 is 0 Å². The highest BCUT2D eigenvalue weighted by Gasteiger charge is 2.08. The fourth-order valence-electron chi connectivity index (χ4n) is 1.34. The van der Waals surface area contributed by atoms with E-state index in [1.807, 2.05) is 0 Å². The zero-order chi connectivity index (χ0) is 12.7. The van der Waals surface area contributed by atoms with Crippen molar-refractivity contribution in [2.75, 3.05) is 6.61 Å². The Morgan fingerprint density at radius 3 is 2.24 bits per heavy atom. The number of halogens is 1. The fourth-order valence-corrected chi connectivity index (χ4v) is 1.46. The Hall–Kier alpha value is -1.35. The highest BCUT2D eigenvalue weighted by Crippen LogP contribution is 2.08. The molecule has 0 aliphatic carbocycles. The molecule has 92 valence electrons. The van der Waals surface area contributed by atoms with Gasteiger partial charge >= 0.3 is 5.97 Å². The molecule has 0 aliphatic rings. The number of hydrogen-bond acceptors (Lipinski definition) is 3. The molecule has 0 atom stereocenters. The molecule has 0 amide bonds. The topological polar surface area (TPSA) is 43.4 Å². The van der Waals surface area contributed by atoms with Gasteiger partial charge in [-0.05, 0) is 42.3 Å². The van der Waals surface area contributed by atoms with Crippen molar-refractivity contribution in [1.82, 2.24) is 0 Å². The van der Waals surface area contributed by atoms with Gasteiger partial charge in [-0.1, -0.05) is 19.8 Å². The van der Waals surface area contributed by atoms with Gasteiger partial charge in [0.05, 0.1) is 12.2 Å². The zero-order valence-corrected chi connectivity index (χ0v) is 10.5. The predicted molar refractivity (Wildman–Crippen MR) is 66.4 cm³/mol. The molecule has 0 N–H and O–H groups in total. The second-order valence-corrected chi connectivity index (χ2v) is 4.04. The summed E-state index contributed by atoms with van der Waals surface area (Å²) in [5.41, 5.74) is 0.803. The van der Waals surface area contributed by atoms with E-state index in [-0.39, 0.29) is 5.97 Å². The van der Waals surface area contributed by atoms with Gasteiger partial charge in [0.1, 0.15) is 0 Å². The Bertz CT molecular complexity index is 384. The van der Waals surface area contributed by atoms with Crippen LogP contribution in [0.25, 0.3) is 0 Å². The standard InChI is InChI=1S/C13H15ClO3/c1-2-3-4-9-17-13(16)11-7-5-10(6-8-11)12(14)15/h5-8H,2-4,9H2,1H3. The van der Waals surface area contributed by atoms with Crippen molar-refractivity contribution < 1.29 is 14.3 Å². The van der Waals surface area contributed by atoms with E-state index in [1.165, 1.54) is 24.3 Å². The Morgan fingerprint density at radius 2 is 1.71 bits per heavy atom. The van der Waals surface area contributed by atoms with Crippen LogP contribution in [0, 0.1) is 0 Å². The summed E-state index contributed by atoms with van der Waals surface area (Å²) < 4.78 is 5.07. The molecule has 1 aromatic carbocycles. The van der Waals surface area contributed by atoms with Crippen LogP contribution < -0.4 is 0 Å². The second-order valence-electron chi connectivity index (χ2n) is 3.69. The van der Waals surface area contributed by atoms with E-state index in [9.17, 15) is 9.59 Å². The summed E-state index contributed by atoms with van der Waals surface area (Å²) in [6.07, 6.45) is 3.01. The fraction of sp³-hybridized carbons (Fsp3) is 0.385. The number of esters is 1. The van der Waals surface area contributed by atoms with Crippen LogP contribution in [0.2, 0.25) is 0 Å². The van der Waals surface area contributed by atoms with E-state index in [1.54, 1.807) is 0 Å². The molecule has 0 spiro atoms. The lowest BCUT2D eigenvalue weighted by molar-refractivity contribution is 0.0498. The molecule has 0 saturated heterocycles. The van der Waals surface area contributed by atoms with Crippen molar-refractivity contribution in [1.29, 1.82) is 0 Å². The average molecular weight is 255 g/mol. The van der Waals surface area contributed by atoms with E-state index < -0.39 is 5.24 Å². The summed E-state index contributed by atoms with van der Waals surface area (Å²) >= 11 is 5.30. The number of carbonyl (C=O) groups excluding carboxylic acids is 2. The first-order valence-corrected chi connectivity index (χ1v) is 6.00. The summed E-state index contributed by atoms with van der Waals surface area (Å²) in [5, 5.41) is -0.534. The quantitative estimate of drug-likeness (QED) is 0.444. The first kappa shape index (κ1) is 13.7. The molecular weight excluding hydrogens is 240 g/mol. The van der Waals surface area contributed by atoms with Crippen molar-refractivity contribution >= 4 is 22.8 Å². The molecule has 1 aromatic rings. The van der Waals surface area contributed by atoms with Crippen molar-refractivity contribution in [3.63, 3.8) is 0 Å².